The number of thiophene rings is 1. The van der Waals surface area contributed by atoms with Gasteiger partial charge >= 0.3 is 5.97 Å². The smallest absolute Gasteiger partial charge is 0.356 e. The van der Waals surface area contributed by atoms with Crippen LogP contribution >= 0.6 is 36.2 Å². The molecule has 0 saturated heterocycles. The Hall–Kier alpha value is -1.96. The van der Waals surface area contributed by atoms with E-state index in [1.165, 1.54) is 11.3 Å². The molecule has 128 valence electrons. The molecule has 0 aliphatic heterocycles. The second-order valence-corrected chi connectivity index (χ2v) is 6.15. The first-order valence-electron chi connectivity index (χ1n) is 6.73. The van der Waals surface area contributed by atoms with E-state index in [1.807, 2.05) is 38.1 Å². The summed E-state index contributed by atoms with van der Waals surface area (Å²) >= 11 is 1.39. The number of hydrogen-bond donors (Lipinski definition) is 2. The molecule has 3 heterocycles. The van der Waals surface area contributed by atoms with E-state index < -0.39 is 5.97 Å². The summed E-state index contributed by atoms with van der Waals surface area (Å²) in [6.07, 6.45) is 1.71. The van der Waals surface area contributed by atoms with Crippen LogP contribution in [0.15, 0.2) is 30.5 Å². The molecule has 3 rings (SSSR count). The van der Waals surface area contributed by atoms with Gasteiger partial charge in [-0.05, 0) is 32.0 Å². The topological polar surface area (TPSA) is 88.0 Å². The number of fused-ring (bicyclic) bond motifs is 1. The van der Waals surface area contributed by atoms with Gasteiger partial charge in [-0.15, -0.1) is 36.2 Å². The number of aromatic carboxylic acids is 1. The number of carboxylic acids is 1. The first-order chi connectivity index (χ1) is 10.5. The van der Waals surface area contributed by atoms with Gasteiger partial charge in [0.25, 0.3) is 0 Å². The lowest BCUT2D eigenvalue weighted by Gasteiger charge is -2.13. The van der Waals surface area contributed by atoms with E-state index in [0.717, 1.165) is 10.6 Å². The zero-order valence-electron chi connectivity index (χ0n) is 12.9. The van der Waals surface area contributed by atoms with Crippen molar-refractivity contribution < 1.29 is 9.90 Å². The summed E-state index contributed by atoms with van der Waals surface area (Å²) < 4.78 is 0.598. The van der Waals surface area contributed by atoms with Crippen LogP contribution in [0.25, 0.3) is 10.2 Å². The molecule has 0 unspecified atom stereocenters. The Morgan fingerprint density at radius 1 is 1.29 bits per heavy atom. The van der Waals surface area contributed by atoms with E-state index in [4.69, 9.17) is 0 Å². The van der Waals surface area contributed by atoms with Crippen LogP contribution in [0.5, 0.6) is 0 Å². The standard InChI is InChI=1S/C15H14N4O2S.2ClH/c1-8-7-11-13(22-8)12(14(20)21)19-15(18-11)17-9(2)10-5-3-4-6-16-10;;/h3-7,9H,1-2H3,(H,20,21)(H,17,18,19);2*1H/t9-;;/m0../s1. The maximum Gasteiger partial charge on any atom is 0.356 e. The number of carbonyl (C=O) groups is 1. The molecule has 0 radical (unpaired) electrons. The Morgan fingerprint density at radius 2 is 2.04 bits per heavy atom. The monoisotopic (exact) mass is 386 g/mol. The molecule has 3 aromatic rings. The maximum atomic E-state index is 11.4. The van der Waals surface area contributed by atoms with Crippen molar-refractivity contribution in [3.8, 4) is 0 Å². The van der Waals surface area contributed by atoms with Crippen LogP contribution in [-0.2, 0) is 0 Å². The van der Waals surface area contributed by atoms with Crippen LogP contribution in [-0.4, -0.2) is 26.0 Å². The van der Waals surface area contributed by atoms with Crippen LogP contribution in [0.4, 0.5) is 5.95 Å². The molecule has 3 aromatic heterocycles. The Bertz CT molecular complexity index is 842. The van der Waals surface area contributed by atoms with Crippen LogP contribution in [0.2, 0.25) is 0 Å². The van der Waals surface area contributed by atoms with Crippen molar-refractivity contribution in [3.05, 3.63) is 46.7 Å². The zero-order chi connectivity index (χ0) is 15.7. The summed E-state index contributed by atoms with van der Waals surface area (Å²) in [6, 6.07) is 7.37. The van der Waals surface area contributed by atoms with E-state index >= 15 is 0 Å². The highest BCUT2D eigenvalue weighted by molar-refractivity contribution is 7.19. The number of aromatic nitrogens is 3. The Morgan fingerprint density at radius 3 is 2.67 bits per heavy atom. The van der Waals surface area contributed by atoms with E-state index in [0.29, 0.717) is 16.2 Å². The van der Waals surface area contributed by atoms with Gasteiger partial charge in [-0.3, -0.25) is 4.98 Å². The van der Waals surface area contributed by atoms with Gasteiger partial charge in [-0.2, -0.15) is 0 Å². The molecular formula is C15H16Cl2N4O2S. The molecule has 0 saturated carbocycles. The second-order valence-electron chi connectivity index (χ2n) is 4.89. The van der Waals surface area contributed by atoms with Crippen molar-refractivity contribution in [1.29, 1.82) is 0 Å². The van der Waals surface area contributed by atoms with E-state index in [9.17, 15) is 9.90 Å². The number of nitrogens with one attached hydrogen (secondary N) is 1. The van der Waals surface area contributed by atoms with Crippen molar-refractivity contribution in [3.63, 3.8) is 0 Å². The van der Waals surface area contributed by atoms with Gasteiger partial charge in [-0.1, -0.05) is 6.07 Å². The normalized spacial score (nSPS) is 11.2. The third kappa shape index (κ3) is 4.11. The summed E-state index contributed by atoms with van der Waals surface area (Å²) in [5, 5.41) is 12.5. The molecule has 0 bridgehead atoms. The summed E-state index contributed by atoms with van der Waals surface area (Å²) in [7, 11) is 0. The fourth-order valence-corrected chi connectivity index (χ4v) is 3.09. The maximum absolute atomic E-state index is 11.4. The molecule has 0 aliphatic carbocycles. The minimum atomic E-state index is -1.05. The molecule has 6 nitrogen and oxygen atoms in total. The van der Waals surface area contributed by atoms with E-state index in [-0.39, 0.29) is 36.5 Å². The fraction of sp³-hybridized carbons (Fsp3) is 0.200. The summed E-state index contributed by atoms with van der Waals surface area (Å²) in [5.41, 5.74) is 1.51. The van der Waals surface area contributed by atoms with Gasteiger partial charge < -0.3 is 10.4 Å². The van der Waals surface area contributed by atoms with Crippen LogP contribution in [0, 0.1) is 6.92 Å². The highest BCUT2D eigenvalue weighted by Crippen LogP contribution is 2.28. The van der Waals surface area contributed by atoms with Gasteiger partial charge in [-0.25, -0.2) is 14.8 Å². The lowest BCUT2D eigenvalue weighted by atomic mass is 10.2. The molecule has 0 amide bonds. The number of carboxylic acid groups (broad SMARTS) is 1. The van der Waals surface area contributed by atoms with Crippen LogP contribution < -0.4 is 5.32 Å². The third-order valence-electron chi connectivity index (χ3n) is 3.17. The quantitative estimate of drug-likeness (QED) is 0.701. The zero-order valence-corrected chi connectivity index (χ0v) is 15.3. The molecule has 0 aliphatic rings. The lowest BCUT2D eigenvalue weighted by Crippen LogP contribution is -2.12. The number of rotatable bonds is 4. The first kappa shape index (κ1) is 20.1. The van der Waals surface area contributed by atoms with Crippen molar-refractivity contribution >= 4 is 58.3 Å². The van der Waals surface area contributed by atoms with Gasteiger partial charge in [0.05, 0.1) is 22.0 Å². The SMILES string of the molecule is Cc1cc2nc(N[C@@H](C)c3ccccn3)nc(C(=O)O)c2s1.Cl.Cl. The highest BCUT2D eigenvalue weighted by Gasteiger charge is 2.17. The van der Waals surface area contributed by atoms with Crippen LogP contribution in [0.3, 0.4) is 0 Å². The molecule has 24 heavy (non-hydrogen) atoms. The molecular weight excluding hydrogens is 371 g/mol. The summed E-state index contributed by atoms with van der Waals surface area (Å²) in [6.45, 7) is 3.84. The predicted molar refractivity (Wildman–Crippen MR) is 99.9 cm³/mol. The average Bonchev–Trinajstić information content (AvgIpc) is 2.87. The van der Waals surface area contributed by atoms with Crippen LogP contribution in [0.1, 0.15) is 34.0 Å². The number of nitrogens with zero attached hydrogens (tertiary/aromatic N) is 3. The predicted octanol–water partition coefficient (Wildman–Crippen LogP) is 4.11. The third-order valence-corrected chi connectivity index (χ3v) is 4.22. The van der Waals surface area contributed by atoms with Crippen molar-refractivity contribution in [2.75, 3.05) is 5.32 Å². The Kier molecular flexibility index (Phi) is 6.89. The first-order valence-corrected chi connectivity index (χ1v) is 7.55. The van der Waals surface area contributed by atoms with E-state index in [2.05, 4.69) is 20.3 Å². The Balaban J connectivity index is 0.00000144. The van der Waals surface area contributed by atoms with E-state index in [1.54, 1.807) is 6.20 Å². The van der Waals surface area contributed by atoms with Gasteiger partial charge in [0.15, 0.2) is 5.69 Å². The number of anilines is 1. The molecule has 9 heteroatoms. The van der Waals surface area contributed by atoms with Gasteiger partial charge in [0.2, 0.25) is 5.95 Å². The number of halogens is 2. The molecule has 1 atom stereocenters. The highest BCUT2D eigenvalue weighted by atomic mass is 35.5. The van der Waals surface area contributed by atoms with Gasteiger partial charge in [0.1, 0.15) is 0 Å². The minimum Gasteiger partial charge on any atom is -0.476 e. The molecule has 0 fully saturated rings. The molecule has 2 N–H and O–H groups in total. The van der Waals surface area contributed by atoms with Crippen molar-refractivity contribution in [2.45, 2.75) is 19.9 Å². The fourth-order valence-electron chi connectivity index (χ4n) is 2.16. The molecule has 0 aromatic carbocycles. The summed E-state index contributed by atoms with van der Waals surface area (Å²) in [5.74, 6) is -0.761. The number of aryl methyl sites for hydroxylation is 1. The molecule has 0 spiro atoms. The second kappa shape index (κ2) is 8.23. The Labute approximate surface area is 155 Å². The van der Waals surface area contributed by atoms with Crippen molar-refractivity contribution in [2.24, 2.45) is 0 Å². The lowest BCUT2D eigenvalue weighted by molar-refractivity contribution is 0.0693. The van der Waals surface area contributed by atoms with Crippen molar-refractivity contribution in [1.82, 2.24) is 15.0 Å². The summed E-state index contributed by atoms with van der Waals surface area (Å²) in [4.78, 5) is 25.2. The minimum absolute atomic E-state index is 0. The average molecular weight is 387 g/mol. The van der Waals surface area contributed by atoms with Gasteiger partial charge in [0, 0.05) is 11.1 Å². The number of hydrogen-bond acceptors (Lipinski definition) is 6. The number of pyridine rings is 1. The largest absolute Gasteiger partial charge is 0.476 e.